The molecule has 118 valence electrons. The quantitative estimate of drug-likeness (QED) is 0.381. The van der Waals surface area contributed by atoms with Crippen LogP contribution in [0, 0.1) is 0 Å². The van der Waals surface area contributed by atoms with Crippen LogP contribution >= 0.6 is 11.3 Å². The van der Waals surface area contributed by atoms with Gasteiger partial charge in [-0.15, -0.1) is 0 Å². The van der Waals surface area contributed by atoms with Gasteiger partial charge in [-0.3, -0.25) is 5.43 Å². The van der Waals surface area contributed by atoms with Gasteiger partial charge in [0.1, 0.15) is 5.75 Å². The molecule has 0 bridgehead atoms. The Hall–Kier alpha value is -2.40. The molecule has 1 heterocycles. The van der Waals surface area contributed by atoms with Crippen molar-refractivity contribution < 1.29 is 4.74 Å². The normalized spacial score (nSPS) is 11.2. The van der Waals surface area contributed by atoms with Gasteiger partial charge in [-0.05, 0) is 48.4 Å². The Balaban J connectivity index is 1.57. The van der Waals surface area contributed by atoms with Crippen molar-refractivity contribution >= 4 is 32.9 Å². The summed E-state index contributed by atoms with van der Waals surface area (Å²) in [7, 11) is 0. The summed E-state index contributed by atoms with van der Waals surface area (Å²) in [5.74, 6) is 0.898. The molecule has 4 nitrogen and oxygen atoms in total. The Morgan fingerprint density at radius 2 is 2.00 bits per heavy atom. The molecule has 1 N–H and O–H groups in total. The molecule has 0 fully saturated rings. The standard InChI is InChI=1S/C18H19N3OS/c1-2-3-12-22-15-10-8-14(9-11-15)13-19-21-18-20-16-6-4-5-7-17(16)23-18/h4-11,13H,2-3,12H2,1H3,(H,20,21). The number of aromatic nitrogens is 1. The molecule has 0 spiro atoms. The number of ether oxygens (including phenoxy) is 1. The summed E-state index contributed by atoms with van der Waals surface area (Å²) in [6.07, 6.45) is 4.00. The van der Waals surface area contributed by atoms with Gasteiger partial charge in [-0.2, -0.15) is 5.10 Å². The first kappa shape index (κ1) is 15.5. The van der Waals surface area contributed by atoms with Crippen LogP contribution in [0.4, 0.5) is 5.13 Å². The van der Waals surface area contributed by atoms with Crippen molar-refractivity contribution in [3.63, 3.8) is 0 Å². The fraction of sp³-hybridized carbons (Fsp3) is 0.222. The predicted molar refractivity (Wildman–Crippen MR) is 97.7 cm³/mol. The summed E-state index contributed by atoms with van der Waals surface area (Å²) in [4.78, 5) is 4.47. The van der Waals surface area contributed by atoms with Crippen molar-refractivity contribution in [1.82, 2.24) is 4.98 Å². The van der Waals surface area contributed by atoms with Crippen LogP contribution in [0.1, 0.15) is 25.3 Å². The number of nitrogens with one attached hydrogen (secondary N) is 1. The number of hydrogen-bond donors (Lipinski definition) is 1. The van der Waals surface area contributed by atoms with Crippen molar-refractivity contribution in [3.05, 3.63) is 54.1 Å². The van der Waals surface area contributed by atoms with E-state index < -0.39 is 0 Å². The molecule has 3 aromatic rings. The fourth-order valence-corrected chi connectivity index (χ4v) is 2.88. The zero-order valence-electron chi connectivity index (χ0n) is 13.0. The number of fused-ring (bicyclic) bond motifs is 1. The van der Waals surface area contributed by atoms with Crippen LogP contribution in [0.15, 0.2) is 53.6 Å². The Bertz CT molecular complexity index is 747. The summed E-state index contributed by atoms with van der Waals surface area (Å²) in [5.41, 5.74) is 4.99. The van der Waals surface area contributed by atoms with Gasteiger partial charge in [0.15, 0.2) is 0 Å². The van der Waals surface area contributed by atoms with E-state index in [1.165, 1.54) is 0 Å². The summed E-state index contributed by atoms with van der Waals surface area (Å²) in [6, 6.07) is 16.0. The van der Waals surface area contributed by atoms with Gasteiger partial charge in [-0.1, -0.05) is 36.8 Å². The summed E-state index contributed by atoms with van der Waals surface area (Å²) >= 11 is 1.59. The minimum atomic E-state index is 0.767. The number of para-hydroxylation sites is 1. The lowest BCUT2D eigenvalue weighted by atomic mass is 10.2. The first-order valence-electron chi connectivity index (χ1n) is 7.72. The predicted octanol–water partition coefficient (Wildman–Crippen LogP) is 4.92. The molecule has 23 heavy (non-hydrogen) atoms. The van der Waals surface area contributed by atoms with Crippen LogP contribution in [0.25, 0.3) is 10.2 Å². The third-order valence-electron chi connectivity index (χ3n) is 3.31. The zero-order valence-corrected chi connectivity index (χ0v) is 13.8. The lowest BCUT2D eigenvalue weighted by molar-refractivity contribution is 0.309. The molecule has 0 saturated carbocycles. The lowest BCUT2D eigenvalue weighted by Crippen LogP contribution is -1.96. The first-order valence-corrected chi connectivity index (χ1v) is 8.54. The molecule has 1 aromatic heterocycles. The molecule has 0 unspecified atom stereocenters. The molecular formula is C18H19N3OS. The highest BCUT2D eigenvalue weighted by atomic mass is 32.1. The van der Waals surface area contributed by atoms with E-state index in [1.54, 1.807) is 17.6 Å². The van der Waals surface area contributed by atoms with Crippen molar-refractivity contribution in [2.75, 3.05) is 12.0 Å². The van der Waals surface area contributed by atoms with Crippen molar-refractivity contribution in [1.29, 1.82) is 0 Å². The number of unbranched alkanes of at least 4 members (excludes halogenated alkanes) is 1. The van der Waals surface area contributed by atoms with E-state index in [1.807, 2.05) is 42.5 Å². The number of benzene rings is 2. The van der Waals surface area contributed by atoms with Crippen molar-refractivity contribution in [3.8, 4) is 5.75 Å². The van der Waals surface area contributed by atoms with Gasteiger partial charge in [0, 0.05) is 0 Å². The number of rotatable bonds is 7. The van der Waals surface area contributed by atoms with Crippen molar-refractivity contribution in [2.24, 2.45) is 5.10 Å². The smallest absolute Gasteiger partial charge is 0.204 e. The van der Waals surface area contributed by atoms with E-state index in [9.17, 15) is 0 Å². The van der Waals surface area contributed by atoms with Crippen LogP contribution in [-0.2, 0) is 0 Å². The summed E-state index contributed by atoms with van der Waals surface area (Å²) < 4.78 is 6.79. The topological polar surface area (TPSA) is 46.5 Å². The Labute approximate surface area is 139 Å². The largest absolute Gasteiger partial charge is 0.494 e. The SMILES string of the molecule is CCCCOc1ccc(C=NNc2nc3ccccc3s2)cc1. The van der Waals surface area contributed by atoms with Gasteiger partial charge in [0.25, 0.3) is 0 Å². The Morgan fingerprint density at radius 1 is 1.17 bits per heavy atom. The minimum Gasteiger partial charge on any atom is -0.494 e. The lowest BCUT2D eigenvalue weighted by Gasteiger charge is -2.04. The molecule has 0 aliphatic heterocycles. The third kappa shape index (κ3) is 4.29. The van der Waals surface area contributed by atoms with Gasteiger partial charge < -0.3 is 4.74 Å². The van der Waals surface area contributed by atoms with E-state index >= 15 is 0 Å². The maximum Gasteiger partial charge on any atom is 0.204 e. The van der Waals surface area contributed by atoms with E-state index in [0.29, 0.717) is 0 Å². The molecule has 5 heteroatoms. The van der Waals surface area contributed by atoms with E-state index in [4.69, 9.17) is 4.74 Å². The first-order chi connectivity index (χ1) is 11.3. The molecule has 2 aromatic carbocycles. The second-order valence-corrected chi connectivity index (χ2v) is 6.16. The van der Waals surface area contributed by atoms with Gasteiger partial charge >= 0.3 is 0 Å². The van der Waals surface area contributed by atoms with Gasteiger partial charge in [0.2, 0.25) is 5.13 Å². The minimum absolute atomic E-state index is 0.767. The van der Waals surface area contributed by atoms with Gasteiger partial charge in [0.05, 0.1) is 23.0 Å². The molecule has 0 amide bonds. The van der Waals surface area contributed by atoms with Crippen LogP contribution in [0.3, 0.4) is 0 Å². The third-order valence-corrected chi connectivity index (χ3v) is 4.26. The summed E-state index contributed by atoms with van der Waals surface area (Å²) in [5, 5.41) is 5.04. The highest BCUT2D eigenvalue weighted by Gasteiger charge is 2.00. The fourth-order valence-electron chi connectivity index (χ4n) is 2.07. The molecule has 3 rings (SSSR count). The van der Waals surface area contributed by atoms with Gasteiger partial charge in [-0.25, -0.2) is 4.98 Å². The van der Waals surface area contributed by atoms with E-state index in [-0.39, 0.29) is 0 Å². The Kier molecular flexibility index (Phi) is 5.21. The molecule has 0 saturated heterocycles. The van der Waals surface area contributed by atoms with Crippen molar-refractivity contribution in [2.45, 2.75) is 19.8 Å². The average molecular weight is 325 g/mol. The number of hydrazone groups is 1. The maximum absolute atomic E-state index is 5.64. The average Bonchev–Trinajstić information content (AvgIpc) is 2.99. The molecule has 0 atom stereocenters. The zero-order chi connectivity index (χ0) is 15.9. The molecule has 0 aliphatic carbocycles. The number of nitrogens with zero attached hydrogens (tertiary/aromatic N) is 2. The highest BCUT2D eigenvalue weighted by molar-refractivity contribution is 7.22. The molecule has 0 aliphatic rings. The number of anilines is 1. The molecular weight excluding hydrogens is 306 g/mol. The van der Waals surface area contributed by atoms with E-state index in [0.717, 1.165) is 46.1 Å². The second-order valence-electron chi connectivity index (χ2n) is 5.13. The molecule has 0 radical (unpaired) electrons. The monoisotopic (exact) mass is 325 g/mol. The Morgan fingerprint density at radius 3 is 2.78 bits per heavy atom. The van der Waals surface area contributed by atoms with E-state index in [2.05, 4.69) is 28.5 Å². The number of thiazole rings is 1. The second kappa shape index (κ2) is 7.74. The van der Waals surface area contributed by atoms with Crippen LogP contribution < -0.4 is 10.2 Å². The van der Waals surface area contributed by atoms with Crippen LogP contribution in [0.5, 0.6) is 5.75 Å². The van der Waals surface area contributed by atoms with Crippen LogP contribution in [-0.4, -0.2) is 17.8 Å². The number of hydrogen-bond acceptors (Lipinski definition) is 5. The highest BCUT2D eigenvalue weighted by Crippen LogP contribution is 2.25. The summed E-state index contributed by atoms with van der Waals surface area (Å²) in [6.45, 7) is 2.92. The maximum atomic E-state index is 5.64. The van der Waals surface area contributed by atoms with Crippen LogP contribution in [0.2, 0.25) is 0 Å².